The van der Waals surface area contributed by atoms with E-state index in [2.05, 4.69) is 6.55 Å². The summed E-state index contributed by atoms with van der Waals surface area (Å²) >= 11 is 0. The molecule has 1 rings (SSSR count). The van der Waals surface area contributed by atoms with Crippen molar-refractivity contribution in [1.29, 1.82) is 0 Å². The van der Waals surface area contributed by atoms with Gasteiger partial charge in [-0.25, -0.2) is 0 Å². The Morgan fingerprint density at radius 1 is 1.27 bits per heavy atom. The van der Waals surface area contributed by atoms with Crippen molar-refractivity contribution >= 4 is 17.6 Å². The molecule has 1 heterocycles. The van der Waals surface area contributed by atoms with E-state index in [0.29, 0.717) is 0 Å². The molecule has 1 aliphatic heterocycles. The van der Waals surface area contributed by atoms with Gasteiger partial charge in [0, 0.05) is 27.7 Å². The molecule has 1 nitrogen and oxygen atoms in total. The van der Waals surface area contributed by atoms with Gasteiger partial charge in [-0.1, -0.05) is 12.6 Å². The SMILES string of the molecule is C[SiH]1CCCO[SiH2]1.[CH3-].[CH3-].[CH3-].[Pt]. The van der Waals surface area contributed by atoms with Crippen molar-refractivity contribution < 1.29 is 25.5 Å². The van der Waals surface area contributed by atoms with Crippen LogP contribution in [-0.2, 0) is 25.5 Å². The van der Waals surface area contributed by atoms with Gasteiger partial charge in [0.1, 0.15) is 9.28 Å². The van der Waals surface area contributed by atoms with E-state index in [0.717, 1.165) is 6.61 Å². The van der Waals surface area contributed by atoms with Crippen LogP contribution in [0.15, 0.2) is 0 Å². The Labute approximate surface area is 90.9 Å². The molecule has 0 aromatic carbocycles. The van der Waals surface area contributed by atoms with Gasteiger partial charge in [0.25, 0.3) is 0 Å². The van der Waals surface area contributed by atoms with Crippen LogP contribution in [0, 0.1) is 22.3 Å². The Bertz CT molecular complexity index is 58.4. The Morgan fingerprint density at radius 2 is 1.82 bits per heavy atom. The molecule has 1 atom stereocenters. The molecule has 0 saturated carbocycles. The summed E-state index contributed by atoms with van der Waals surface area (Å²) < 4.78 is 5.38. The van der Waals surface area contributed by atoms with Crippen molar-refractivity contribution in [3.8, 4) is 0 Å². The van der Waals surface area contributed by atoms with Gasteiger partial charge in [0.2, 0.25) is 0 Å². The fraction of sp³-hybridized carbons (Fsp3) is 0.571. The van der Waals surface area contributed by atoms with Crippen LogP contribution >= 0.6 is 0 Å². The van der Waals surface area contributed by atoms with Gasteiger partial charge in [0.05, 0.1) is 8.31 Å². The van der Waals surface area contributed by atoms with Gasteiger partial charge in [0.15, 0.2) is 0 Å². The Kier molecular flexibility index (Phi) is 28.2. The molecule has 0 aromatic heterocycles. The second kappa shape index (κ2) is 13.7. The summed E-state index contributed by atoms with van der Waals surface area (Å²) in [5.74, 6) is 0. The van der Waals surface area contributed by atoms with Crippen molar-refractivity contribution in [3.05, 3.63) is 22.3 Å². The monoisotopic (exact) mass is 372 g/mol. The number of hydrogen-bond acceptors (Lipinski definition) is 1. The van der Waals surface area contributed by atoms with Gasteiger partial charge >= 0.3 is 0 Å². The summed E-state index contributed by atoms with van der Waals surface area (Å²) in [7, 11) is -0.106. The van der Waals surface area contributed by atoms with Gasteiger partial charge in [-0.05, 0) is 6.42 Å². The molecule has 0 amide bonds. The van der Waals surface area contributed by atoms with Gasteiger partial charge in [-0.3, -0.25) is 0 Å². The third kappa shape index (κ3) is 11.1. The van der Waals surface area contributed by atoms with Crippen LogP contribution in [-0.4, -0.2) is 24.2 Å². The molecule has 0 N–H and O–H groups in total. The first kappa shape index (κ1) is 22.7. The first-order valence-electron chi connectivity index (χ1n) is 2.97. The zero-order valence-electron chi connectivity index (χ0n) is 8.13. The van der Waals surface area contributed by atoms with Crippen molar-refractivity contribution in [2.45, 2.75) is 19.0 Å². The minimum atomic E-state index is -0.178. The molecule has 11 heavy (non-hydrogen) atoms. The Balaban J connectivity index is -0.0000000612. The largest absolute Gasteiger partial charge is 0.428 e. The Hall–Kier alpha value is 1.08. The van der Waals surface area contributed by atoms with Crippen LogP contribution < -0.4 is 0 Å². The molecule has 1 fully saturated rings. The van der Waals surface area contributed by atoms with E-state index in [1.165, 1.54) is 6.42 Å². The molecular weight excluding hydrogens is 351 g/mol. The first-order valence-corrected chi connectivity index (χ1v) is 8.79. The molecular formula is C7H21OPtSi2-3. The molecule has 1 saturated heterocycles. The minimum absolute atomic E-state index is 0. The summed E-state index contributed by atoms with van der Waals surface area (Å²) in [6.07, 6.45) is 1.36. The van der Waals surface area contributed by atoms with E-state index in [9.17, 15) is 0 Å². The summed E-state index contributed by atoms with van der Waals surface area (Å²) in [6, 6.07) is 1.56. The van der Waals surface area contributed by atoms with E-state index in [-0.39, 0.29) is 60.9 Å². The zero-order valence-corrected chi connectivity index (χ0v) is 13.0. The van der Waals surface area contributed by atoms with Gasteiger partial charge in [-0.2, -0.15) is 0 Å². The van der Waals surface area contributed by atoms with E-state index < -0.39 is 0 Å². The first-order chi connectivity index (χ1) is 3.39. The van der Waals surface area contributed by atoms with Crippen LogP contribution in [0.2, 0.25) is 12.6 Å². The standard InChI is InChI=1S/C4H12OSi2.3CH3.Pt/c1-7-4-2-3-5-6-7;;;;/h7H,2-4,6H2,1H3;3*1H3;/q;3*-1;. The summed E-state index contributed by atoms with van der Waals surface area (Å²) in [5, 5.41) is 0. The molecule has 4 heteroatoms. The van der Waals surface area contributed by atoms with E-state index >= 15 is 0 Å². The summed E-state index contributed by atoms with van der Waals surface area (Å²) in [5.41, 5.74) is 0. The smallest absolute Gasteiger partial charge is 0.147 e. The van der Waals surface area contributed by atoms with Crippen molar-refractivity contribution in [3.63, 3.8) is 0 Å². The predicted molar refractivity (Wildman–Crippen MR) is 56.2 cm³/mol. The second-order valence-electron chi connectivity index (χ2n) is 2.32. The molecule has 0 aliphatic carbocycles. The van der Waals surface area contributed by atoms with Crippen LogP contribution in [0.4, 0.5) is 0 Å². The maximum Gasteiger partial charge on any atom is 0.147 e. The third-order valence-corrected chi connectivity index (χ3v) is 7.51. The molecule has 0 spiro atoms. The molecule has 1 unspecified atom stereocenters. The van der Waals surface area contributed by atoms with E-state index in [1.54, 1.807) is 6.04 Å². The van der Waals surface area contributed by atoms with Crippen LogP contribution in [0.5, 0.6) is 0 Å². The van der Waals surface area contributed by atoms with Crippen molar-refractivity contribution in [2.75, 3.05) is 6.61 Å². The maximum atomic E-state index is 5.38. The maximum absolute atomic E-state index is 5.38. The fourth-order valence-corrected chi connectivity index (χ4v) is 5.78. The second-order valence-corrected chi connectivity index (χ2v) is 11.0. The van der Waals surface area contributed by atoms with Crippen LogP contribution in [0.3, 0.4) is 0 Å². The van der Waals surface area contributed by atoms with E-state index in [1.807, 2.05) is 0 Å². The third-order valence-electron chi connectivity index (χ3n) is 1.39. The van der Waals surface area contributed by atoms with Crippen molar-refractivity contribution in [2.24, 2.45) is 0 Å². The van der Waals surface area contributed by atoms with Crippen LogP contribution in [0.25, 0.3) is 0 Å². The molecule has 1 aliphatic rings. The average molecular weight is 372 g/mol. The zero-order chi connectivity index (χ0) is 5.11. The summed E-state index contributed by atoms with van der Waals surface area (Å²) in [6.45, 7) is 3.52. The normalized spacial score (nSPS) is 23.2. The molecule has 0 bridgehead atoms. The fourth-order valence-electron chi connectivity index (χ4n) is 0.902. The topological polar surface area (TPSA) is 9.23 Å². The van der Waals surface area contributed by atoms with Crippen molar-refractivity contribution in [1.82, 2.24) is 0 Å². The van der Waals surface area contributed by atoms with Gasteiger partial charge < -0.3 is 26.7 Å². The average Bonchev–Trinajstić information content (AvgIpc) is 1.69. The molecule has 0 aromatic rings. The van der Waals surface area contributed by atoms with Crippen LogP contribution in [0.1, 0.15) is 6.42 Å². The number of rotatable bonds is 0. The number of hydrogen-bond donors (Lipinski definition) is 0. The van der Waals surface area contributed by atoms with Gasteiger partial charge in [-0.15, -0.1) is 0 Å². The quantitative estimate of drug-likeness (QED) is 0.459. The summed E-state index contributed by atoms with van der Waals surface area (Å²) in [4.78, 5) is 0. The Morgan fingerprint density at radius 3 is 2.00 bits per heavy atom. The van der Waals surface area contributed by atoms with E-state index in [4.69, 9.17) is 4.43 Å². The molecule has 0 radical (unpaired) electrons. The minimum Gasteiger partial charge on any atom is -0.428 e. The molecule has 76 valence electrons. The predicted octanol–water partition coefficient (Wildman–Crippen LogP) is 1.19.